The van der Waals surface area contributed by atoms with Crippen LogP contribution in [0, 0.1) is 0 Å². The summed E-state index contributed by atoms with van der Waals surface area (Å²) in [6.07, 6.45) is 1.00. The van der Waals surface area contributed by atoms with E-state index in [2.05, 4.69) is 0 Å². The van der Waals surface area contributed by atoms with Crippen LogP contribution in [-0.2, 0) is 14.3 Å². The largest absolute Gasteiger partial charge is 0.444 e. The summed E-state index contributed by atoms with van der Waals surface area (Å²) >= 11 is 0. The Kier molecular flexibility index (Phi) is 5.53. The predicted molar refractivity (Wildman–Crippen MR) is 74.3 cm³/mol. The Morgan fingerprint density at radius 2 is 1.95 bits per heavy atom. The third-order valence-electron chi connectivity index (χ3n) is 3.13. The van der Waals surface area contributed by atoms with Crippen LogP contribution in [0.2, 0.25) is 0 Å². The van der Waals surface area contributed by atoms with Gasteiger partial charge in [0.25, 0.3) is 0 Å². The number of hydrogen-bond acceptors (Lipinski definition) is 4. The molecule has 1 aliphatic heterocycles. The molecule has 6 heteroatoms. The molecule has 6 nitrogen and oxygen atoms in total. The van der Waals surface area contributed by atoms with Gasteiger partial charge < -0.3 is 19.3 Å². The van der Waals surface area contributed by atoms with Crippen LogP contribution in [-0.4, -0.2) is 59.4 Å². The summed E-state index contributed by atoms with van der Waals surface area (Å²) < 4.78 is 5.34. The van der Waals surface area contributed by atoms with Gasteiger partial charge in [0.1, 0.15) is 11.9 Å². The summed E-state index contributed by atoms with van der Waals surface area (Å²) in [4.78, 5) is 37.9. The standard InChI is InChI=1S/C14H24N2O4/c1-5-12(18)15-7-8-16(11(10-15)6-9-17)13(19)20-14(2,3)4/h9,11H,5-8,10H2,1-4H3. The average molecular weight is 284 g/mol. The number of aldehydes is 1. The second-order valence-corrected chi connectivity index (χ2v) is 5.92. The number of piperazine rings is 1. The summed E-state index contributed by atoms with van der Waals surface area (Å²) in [5, 5.41) is 0. The maximum absolute atomic E-state index is 12.1. The fraction of sp³-hybridized carbons (Fsp3) is 0.786. The molecule has 0 aromatic heterocycles. The number of nitrogens with zero attached hydrogens (tertiary/aromatic N) is 2. The van der Waals surface area contributed by atoms with Crippen LogP contribution in [0.3, 0.4) is 0 Å². The van der Waals surface area contributed by atoms with E-state index in [0.717, 1.165) is 6.29 Å². The quantitative estimate of drug-likeness (QED) is 0.735. The Morgan fingerprint density at radius 1 is 1.30 bits per heavy atom. The van der Waals surface area contributed by atoms with Crippen molar-refractivity contribution in [2.75, 3.05) is 19.6 Å². The lowest BCUT2D eigenvalue weighted by Crippen LogP contribution is -2.57. The zero-order chi connectivity index (χ0) is 15.3. The maximum atomic E-state index is 12.1. The van der Waals surface area contributed by atoms with Gasteiger partial charge in [-0.15, -0.1) is 0 Å². The van der Waals surface area contributed by atoms with E-state index < -0.39 is 11.7 Å². The molecule has 0 aromatic rings. The third-order valence-corrected chi connectivity index (χ3v) is 3.13. The van der Waals surface area contributed by atoms with E-state index in [0.29, 0.717) is 26.1 Å². The fourth-order valence-corrected chi connectivity index (χ4v) is 2.18. The minimum Gasteiger partial charge on any atom is -0.444 e. The lowest BCUT2D eigenvalue weighted by molar-refractivity contribution is -0.134. The molecule has 1 rings (SSSR count). The maximum Gasteiger partial charge on any atom is 0.410 e. The summed E-state index contributed by atoms with van der Waals surface area (Å²) in [6, 6.07) is -0.299. The van der Waals surface area contributed by atoms with E-state index in [-0.39, 0.29) is 18.4 Å². The van der Waals surface area contributed by atoms with Crippen molar-refractivity contribution >= 4 is 18.3 Å². The summed E-state index contributed by atoms with van der Waals surface area (Å²) in [7, 11) is 0. The van der Waals surface area contributed by atoms with E-state index in [1.165, 1.54) is 0 Å². The summed E-state index contributed by atoms with van der Waals surface area (Å²) in [6.45, 7) is 8.49. The van der Waals surface area contributed by atoms with Gasteiger partial charge in [-0.2, -0.15) is 0 Å². The van der Waals surface area contributed by atoms with Gasteiger partial charge in [0, 0.05) is 32.5 Å². The molecule has 1 aliphatic rings. The first-order valence-electron chi connectivity index (χ1n) is 6.99. The third kappa shape index (κ3) is 4.51. The fourth-order valence-electron chi connectivity index (χ4n) is 2.18. The Labute approximate surface area is 120 Å². The molecule has 1 unspecified atom stereocenters. The normalized spacial score (nSPS) is 19.7. The van der Waals surface area contributed by atoms with Crippen LogP contribution < -0.4 is 0 Å². The molecule has 1 heterocycles. The zero-order valence-electron chi connectivity index (χ0n) is 12.7. The van der Waals surface area contributed by atoms with Gasteiger partial charge >= 0.3 is 6.09 Å². The number of hydrogen-bond donors (Lipinski definition) is 0. The lowest BCUT2D eigenvalue weighted by Gasteiger charge is -2.41. The van der Waals surface area contributed by atoms with Crippen molar-refractivity contribution in [1.29, 1.82) is 0 Å². The molecular formula is C14H24N2O4. The molecule has 1 atom stereocenters. The molecule has 0 aromatic carbocycles. The van der Waals surface area contributed by atoms with Gasteiger partial charge in [-0.05, 0) is 20.8 Å². The molecule has 114 valence electrons. The van der Waals surface area contributed by atoms with Crippen molar-refractivity contribution in [3.8, 4) is 0 Å². The first-order chi connectivity index (χ1) is 9.28. The highest BCUT2D eigenvalue weighted by Gasteiger charge is 2.34. The number of carbonyl (C=O) groups is 3. The molecule has 0 aliphatic carbocycles. The Hall–Kier alpha value is -1.59. The highest BCUT2D eigenvalue weighted by Crippen LogP contribution is 2.17. The number of carbonyl (C=O) groups excluding carboxylic acids is 3. The second kappa shape index (κ2) is 6.72. The number of ether oxygens (including phenoxy) is 1. The highest BCUT2D eigenvalue weighted by molar-refractivity contribution is 5.77. The molecule has 0 spiro atoms. The van der Waals surface area contributed by atoms with Crippen LogP contribution in [0.4, 0.5) is 4.79 Å². The van der Waals surface area contributed by atoms with Gasteiger partial charge in [-0.3, -0.25) is 4.79 Å². The molecule has 0 radical (unpaired) electrons. The van der Waals surface area contributed by atoms with Crippen LogP contribution >= 0.6 is 0 Å². The molecule has 20 heavy (non-hydrogen) atoms. The van der Waals surface area contributed by atoms with Crippen LogP contribution in [0.1, 0.15) is 40.5 Å². The van der Waals surface area contributed by atoms with E-state index in [1.807, 2.05) is 0 Å². The summed E-state index contributed by atoms with van der Waals surface area (Å²) in [5.74, 6) is 0.0461. The van der Waals surface area contributed by atoms with Crippen LogP contribution in [0.15, 0.2) is 0 Å². The zero-order valence-corrected chi connectivity index (χ0v) is 12.7. The molecule has 1 fully saturated rings. The predicted octanol–water partition coefficient (Wildman–Crippen LogP) is 1.43. The molecule has 1 saturated heterocycles. The van der Waals surface area contributed by atoms with Crippen LogP contribution in [0.25, 0.3) is 0 Å². The van der Waals surface area contributed by atoms with Crippen LogP contribution in [0.5, 0.6) is 0 Å². The highest BCUT2D eigenvalue weighted by atomic mass is 16.6. The monoisotopic (exact) mass is 284 g/mol. The minimum absolute atomic E-state index is 0.0461. The van der Waals surface area contributed by atoms with Gasteiger partial charge in [0.2, 0.25) is 5.91 Å². The summed E-state index contributed by atoms with van der Waals surface area (Å²) in [5.41, 5.74) is -0.570. The Bertz CT molecular complexity index is 376. The molecule has 0 bridgehead atoms. The van der Waals surface area contributed by atoms with Gasteiger partial charge in [0.15, 0.2) is 0 Å². The first-order valence-corrected chi connectivity index (χ1v) is 6.99. The lowest BCUT2D eigenvalue weighted by atomic mass is 10.1. The minimum atomic E-state index is -0.570. The van der Waals surface area contributed by atoms with Crippen molar-refractivity contribution < 1.29 is 19.1 Å². The Balaban J connectivity index is 2.74. The van der Waals surface area contributed by atoms with Gasteiger partial charge in [-0.1, -0.05) is 6.92 Å². The van der Waals surface area contributed by atoms with Crippen molar-refractivity contribution in [2.24, 2.45) is 0 Å². The van der Waals surface area contributed by atoms with E-state index >= 15 is 0 Å². The van der Waals surface area contributed by atoms with Crippen molar-refractivity contribution in [3.63, 3.8) is 0 Å². The topological polar surface area (TPSA) is 66.9 Å². The molecule has 0 saturated carbocycles. The number of rotatable bonds is 3. The van der Waals surface area contributed by atoms with Crippen molar-refractivity contribution in [2.45, 2.75) is 52.2 Å². The second-order valence-electron chi connectivity index (χ2n) is 5.92. The van der Waals surface area contributed by atoms with Gasteiger partial charge in [0.05, 0.1) is 6.04 Å². The molecule has 0 N–H and O–H groups in total. The van der Waals surface area contributed by atoms with E-state index in [4.69, 9.17) is 4.74 Å². The Morgan fingerprint density at radius 3 is 2.45 bits per heavy atom. The first kappa shape index (κ1) is 16.5. The van der Waals surface area contributed by atoms with Crippen molar-refractivity contribution in [1.82, 2.24) is 9.80 Å². The molecule has 2 amide bonds. The van der Waals surface area contributed by atoms with Crippen molar-refractivity contribution in [3.05, 3.63) is 0 Å². The number of amides is 2. The average Bonchev–Trinajstić information content (AvgIpc) is 2.36. The smallest absolute Gasteiger partial charge is 0.410 e. The van der Waals surface area contributed by atoms with Gasteiger partial charge in [-0.25, -0.2) is 4.79 Å². The SMILES string of the molecule is CCC(=O)N1CCN(C(=O)OC(C)(C)C)C(CC=O)C1. The van der Waals surface area contributed by atoms with E-state index in [9.17, 15) is 14.4 Å². The van der Waals surface area contributed by atoms with E-state index in [1.54, 1.807) is 37.5 Å². The molecular weight excluding hydrogens is 260 g/mol.